The van der Waals surface area contributed by atoms with Gasteiger partial charge < -0.3 is 19.5 Å². The molecule has 0 atom stereocenters. The van der Waals surface area contributed by atoms with Crippen molar-refractivity contribution >= 4 is 17.5 Å². The van der Waals surface area contributed by atoms with Crippen molar-refractivity contribution in [2.24, 2.45) is 0 Å². The highest BCUT2D eigenvalue weighted by Gasteiger charge is 2.22. The molecule has 154 valence electrons. The molecule has 8 nitrogen and oxygen atoms in total. The second-order valence-electron chi connectivity index (χ2n) is 6.85. The first-order valence-electron chi connectivity index (χ1n) is 9.88. The van der Waals surface area contributed by atoms with Crippen LogP contribution in [-0.2, 0) is 11.3 Å². The van der Waals surface area contributed by atoms with E-state index in [0.29, 0.717) is 36.9 Å². The summed E-state index contributed by atoms with van der Waals surface area (Å²) in [5.74, 6) is 1.33. The largest absolute Gasteiger partial charge is 0.494 e. The first-order valence-corrected chi connectivity index (χ1v) is 9.88. The molecule has 0 spiro atoms. The van der Waals surface area contributed by atoms with Crippen molar-refractivity contribution in [3.05, 3.63) is 60.0 Å². The van der Waals surface area contributed by atoms with E-state index in [4.69, 9.17) is 9.26 Å². The molecule has 0 bridgehead atoms. The molecule has 0 radical (unpaired) electrons. The van der Waals surface area contributed by atoms with Crippen LogP contribution >= 0.6 is 0 Å². The van der Waals surface area contributed by atoms with E-state index in [2.05, 4.69) is 15.5 Å². The zero-order chi connectivity index (χ0) is 20.9. The second kappa shape index (κ2) is 8.77. The van der Waals surface area contributed by atoms with E-state index in [1.54, 1.807) is 23.1 Å². The number of amides is 2. The predicted molar refractivity (Wildman–Crippen MR) is 110 cm³/mol. The average molecular weight is 406 g/mol. The maximum Gasteiger partial charge on any atom is 0.251 e. The summed E-state index contributed by atoms with van der Waals surface area (Å²) in [6.07, 6.45) is 1.38. The Labute approximate surface area is 173 Å². The van der Waals surface area contributed by atoms with Crippen LogP contribution in [0.5, 0.6) is 5.75 Å². The molecule has 8 heteroatoms. The summed E-state index contributed by atoms with van der Waals surface area (Å²) in [6, 6.07) is 14.4. The number of carbonyl (C=O) groups excluding carboxylic acids is 2. The molecule has 1 aliphatic rings. The molecule has 1 N–H and O–H groups in total. The zero-order valence-corrected chi connectivity index (χ0v) is 16.6. The maximum absolute atomic E-state index is 12.5. The fourth-order valence-electron chi connectivity index (χ4n) is 3.30. The normalized spacial score (nSPS) is 13.5. The van der Waals surface area contributed by atoms with Crippen LogP contribution in [-0.4, -0.2) is 35.1 Å². The number of anilines is 1. The molecule has 0 saturated carbocycles. The monoisotopic (exact) mass is 406 g/mol. The van der Waals surface area contributed by atoms with Gasteiger partial charge in [0.1, 0.15) is 5.75 Å². The Bertz CT molecular complexity index is 1050. The van der Waals surface area contributed by atoms with Gasteiger partial charge in [-0.15, -0.1) is 0 Å². The second-order valence-corrected chi connectivity index (χ2v) is 6.85. The Morgan fingerprint density at radius 2 is 2.07 bits per heavy atom. The number of benzene rings is 2. The minimum Gasteiger partial charge on any atom is -0.494 e. The highest BCUT2D eigenvalue weighted by molar-refractivity contribution is 5.99. The van der Waals surface area contributed by atoms with E-state index in [-0.39, 0.29) is 18.4 Å². The molecule has 2 amide bonds. The van der Waals surface area contributed by atoms with Gasteiger partial charge >= 0.3 is 0 Å². The molecule has 30 heavy (non-hydrogen) atoms. The van der Waals surface area contributed by atoms with Crippen molar-refractivity contribution in [1.82, 2.24) is 15.5 Å². The van der Waals surface area contributed by atoms with Crippen molar-refractivity contribution in [3.8, 4) is 17.1 Å². The highest BCUT2D eigenvalue weighted by Crippen LogP contribution is 2.23. The topological polar surface area (TPSA) is 97.6 Å². The third-order valence-electron chi connectivity index (χ3n) is 4.79. The van der Waals surface area contributed by atoms with Crippen LogP contribution in [0.2, 0.25) is 0 Å². The van der Waals surface area contributed by atoms with Gasteiger partial charge in [-0.1, -0.05) is 11.2 Å². The van der Waals surface area contributed by atoms with Gasteiger partial charge in [-0.2, -0.15) is 4.98 Å². The highest BCUT2D eigenvalue weighted by atomic mass is 16.5. The van der Waals surface area contributed by atoms with Crippen LogP contribution in [0, 0.1) is 0 Å². The van der Waals surface area contributed by atoms with Gasteiger partial charge in [0, 0.05) is 29.8 Å². The summed E-state index contributed by atoms with van der Waals surface area (Å²) in [7, 11) is 0. The van der Waals surface area contributed by atoms with Gasteiger partial charge in [-0.25, -0.2) is 0 Å². The van der Waals surface area contributed by atoms with Gasteiger partial charge in [0.2, 0.25) is 17.6 Å². The van der Waals surface area contributed by atoms with Crippen molar-refractivity contribution in [1.29, 1.82) is 0 Å². The number of ether oxygens (including phenoxy) is 1. The van der Waals surface area contributed by atoms with Crippen LogP contribution < -0.4 is 15.0 Å². The number of hydrogen-bond acceptors (Lipinski definition) is 6. The fraction of sp³-hybridized carbons (Fsp3) is 0.273. The molecule has 2 heterocycles. The quantitative estimate of drug-likeness (QED) is 0.647. The van der Waals surface area contributed by atoms with E-state index in [1.165, 1.54) is 0 Å². The summed E-state index contributed by atoms with van der Waals surface area (Å²) in [4.78, 5) is 30.5. The van der Waals surface area contributed by atoms with Crippen LogP contribution in [0.25, 0.3) is 11.4 Å². The zero-order valence-electron chi connectivity index (χ0n) is 16.6. The molecular weight excluding hydrogens is 384 g/mol. The van der Waals surface area contributed by atoms with E-state index in [0.717, 1.165) is 23.4 Å². The van der Waals surface area contributed by atoms with E-state index in [9.17, 15) is 9.59 Å². The van der Waals surface area contributed by atoms with E-state index >= 15 is 0 Å². The minimum atomic E-state index is -0.274. The summed E-state index contributed by atoms with van der Waals surface area (Å²) in [5, 5.41) is 6.74. The van der Waals surface area contributed by atoms with Crippen LogP contribution in [0.1, 0.15) is 36.0 Å². The van der Waals surface area contributed by atoms with Crippen molar-refractivity contribution < 1.29 is 18.8 Å². The third kappa shape index (κ3) is 4.32. The van der Waals surface area contributed by atoms with Crippen molar-refractivity contribution in [2.45, 2.75) is 26.3 Å². The minimum absolute atomic E-state index is 0.0836. The number of nitrogens with zero attached hydrogens (tertiary/aromatic N) is 3. The molecule has 0 unspecified atom stereocenters. The van der Waals surface area contributed by atoms with Gasteiger partial charge in [0.05, 0.1) is 13.2 Å². The first kappa shape index (κ1) is 19.6. The Morgan fingerprint density at radius 3 is 2.80 bits per heavy atom. The van der Waals surface area contributed by atoms with Crippen molar-refractivity contribution in [3.63, 3.8) is 0 Å². The average Bonchev–Trinajstić information content (AvgIpc) is 3.42. The van der Waals surface area contributed by atoms with Gasteiger partial charge in [0.15, 0.2) is 0 Å². The van der Waals surface area contributed by atoms with Crippen LogP contribution in [0.3, 0.4) is 0 Å². The number of hydrogen-bond donors (Lipinski definition) is 1. The number of carbonyl (C=O) groups is 2. The van der Waals surface area contributed by atoms with Crippen LogP contribution in [0.4, 0.5) is 5.69 Å². The Kier molecular flexibility index (Phi) is 5.74. The SMILES string of the molecule is CCOc1ccc(-c2noc(CNC(=O)c3cccc(N4CCCC4=O)c3)n2)cc1. The number of rotatable bonds is 7. The number of nitrogens with one attached hydrogen (secondary N) is 1. The van der Waals surface area contributed by atoms with E-state index < -0.39 is 0 Å². The predicted octanol–water partition coefficient (Wildman–Crippen LogP) is 3.19. The third-order valence-corrected chi connectivity index (χ3v) is 4.79. The summed E-state index contributed by atoms with van der Waals surface area (Å²) >= 11 is 0. The molecule has 0 aliphatic carbocycles. The molecule has 4 rings (SSSR count). The van der Waals surface area contributed by atoms with Gasteiger partial charge in [-0.05, 0) is 55.8 Å². The molecule has 2 aromatic carbocycles. The molecule has 1 aromatic heterocycles. The van der Waals surface area contributed by atoms with Crippen LogP contribution in [0.15, 0.2) is 53.1 Å². The summed E-state index contributed by atoms with van der Waals surface area (Å²) in [6.45, 7) is 3.31. The smallest absolute Gasteiger partial charge is 0.251 e. The standard InChI is InChI=1S/C22H22N4O4/c1-2-29-18-10-8-15(9-11-18)21-24-19(30-25-21)14-23-22(28)16-5-3-6-17(13-16)26-12-4-7-20(26)27/h3,5-6,8-11,13H,2,4,7,12,14H2,1H3,(H,23,28). The lowest BCUT2D eigenvalue weighted by molar-refractivity contribution is -0.117. The molecular formula is C22H22N4O4. The fourth-order valence-corrected chi connectivity index (χ4v) is 3.30. The molecule has 1 saturated heterocycles. The van der Waals surface area contributed by atoms with Gasteiger partial charge in [0.25, 0.3) is 5.91 Å². The molecule has 1 aliphatic heterocycles. The Balaban J connectivity index is 1.38. The van der Waals surface area contributed by atoms with Gasteiger partial charge in [-0.3, -0.25) is 9.59 Å². The Morgan fingerprint density at radius 1 is 1.23 bits per heavy atom. The lowest BCUT2D eigenvalue weighted by atomic mass is 10.1. The summed E-state index contributed by atoms with van der Waals surface area (Å²) < 4.78 is 10.7. The Hall–Kier alpha value is -3.68. The lowest BCUT2D eigenvalue weighted by Gasteiger charge is -2.16. The maximum atomic E-state index is 12.5. The lowest BCUT2D eigenvalue weighted by Crippen LogP contribution is -2.25. The molecule has 1 fully saturated rings. The van der Waals surface area contributed by atoms with Crippen molar-refractivity contribution in [2.75, 3.05) is 18.1 Å². The van der Waals surface area contributed by atoms with E-state index in [1.807, 2.05) is 37.3 Å². The molecule has 3 aromatic rings. The summed E-state index contributed by atoms with van der Waals surface area (Å²) in [5.41, 5.74) is 2.00. The first-order chi connectivity index (χ1) is 14.6. The number of aromatic nitrogens is 2.